The molecule has 0 saturated heterocycles. The predicted molar refractivity (Wildman–Crippen MR) is 45.4 cm³/mol. The molecular weight excluding hydrogens is 218 g/mol. The Morgan fingerprint density at radius 1 is 1.64 bits per heavy atom. The van der Waals surface area contributed by atoms with Gasteiger partial charge in [0.1, 0.15) is 11.8 Å². The van der Waals surface area contributed by atoms with Crippen LogP contribution in [0.5, 0.6) is 0 Å². The van der Waals surface area contributed by atoms with E-state index in [1.54, 1.807) is 0 Å². The van der Waals surface area contributed by atoms with E-state index in [0.717, 1.165) is 6.20 Å². The summed E-state index contributed by atoms with van der Waals surface area (Å²) in [6.45, 7) is 0. The third-order valence-electron chi connectivity index (χ3n) is 1.59. The van der Waals surface area contributed by atoms with Crippen LogP contribution >= 0.6 is 11.6 Å². The van der Waals surface area contributed by atoms with E-state index < -0.39 is 22.7 Å². The number of hydrogen-bond acceptors (Lipinski definition) is 3. The van der Waals surface area contributed by atoms with E-state index in [1.165, 1.54) is 6.07 Å². The van der Waals surface area contributed by atoms with E-state index in [-0.39, 0.29) is 11.4 Å². The quantitative estimate of drug-likeness (QED) is 0.449. The van der Waals surface area contributed by atoms with Gasteiger partial charge in [-0.3, -0.25) is 0 Å². The van der Waals surface area contributed by atoms with Crippen LogP contribution in [0.4, 0.5) is 14.6 Å². The number of pyridine rings is 1. The molecule has 0 N–H and O–H groups in total. The zero-order valence-corrected chi connectivity index (χ0v) is 7.54. The van der Waals surface area contributed by atoms with Crippen LogP contribution in [0.1, 0.15) is 17.6 Å². The third kappa shape index (κ3) is 1.95. The molecule has 0 fully saturated rings. The lowest BCUT2D eigenvalue weighted by atomic mass is 10.1. The Morgan fingerprint density at radius 2 is 2.29 bits per heavy atom. The van der Waals surface area contributed by atoms with Crippen molar-refractivity contribution in [3.63, 3.8) is 0 Å². The largest absolute Gasteiger partial charge is 0.372 e. The first-order valence-electron chi connectivity index (χ1n) is 3.54. The maximum Gasteiger partial charge on any atom is 0.372 e. The SMILES string of the molecule is O=[N+]([O-])c1nccc(CCl)c1C(F)F. The molecule has 0 saturated carbocycles. The minimum Gasteiger partial charge on any atom is -0.358 e. The fraction of sp³-hybridized carbons (Fsp3) is 0.286. The summed E-state index contributed by atoms with van der Waals surface area (Å²) in [5.41, 5.74) is -0.670. The van der Waals surface area contributed by atoms with Gasteiger partial charge in [-0.1, -0.05) is 0 Å². The molecule has 0 unspecified atom stereocenters. The predicted octanol–water partition coefficient (Wildman–Crippen LogP) is 2.67. The van der Waals surface area contributed by atoms with Crippen molar-refractivity contribution >= 4 is 17.4 Å². The van der Waals surface area contributed by atoms with Crippen molar-refractivity contribution in [2.45, 2.75) is 12.3 Å². The van der Waals surface area contributed by atoms with Crippen LogP contribution in [0.25, 0.3) is 0 Å². The molecule has 0 aromatic carbocycles. The lowest BCUT2D eigenvalue weighted by molar-refractivity contribution is -0.391. The van der Waals surface area contributed by atoms with Gasteiger partial charge in [0.15, 0.2) is 0 Å². The highest BCUT2D eigenvalue weighted by Gasteiger charge is 2.26. The monoisotopic (exact) mass is 222 g/mol. The maximum atomic E-state index is 12.4. The maximum absolute atomic E-state index is 12.4. The summed E-state index contributed by atoms with van der Waals surface area (Å²) in [4.78, 5) is 12.7. The molecule has 0 spiro atoms. The average Bonchev–Trinajstić information content (AvgIpc) is 2.16. The lowest BCUT2D eigenvalue weighted by Crippen LogP contribution is -2.02. The second-order valence-electron chi connectivity index (χ2n) is 2.40. The molecule has 1 aromatic heterocycles. The van der Waals surface area contributed by atoms with E-state index in [1.807, 2.05) is 0 Å². The zero-order chi connectivity index (χ0) is 10.7. The summed E-state index contributed by atoms with van der Waals surface area (Å²) < 4.78 is 24.9. The highest BCUT2D eigenvalue weighted by atomic mass is 35.5. The van der Waals surface area contributed by atoms with Crippen LogP contribution in [0, 0.1) is 10.1 Å². The Bertz CT molecular complexity index is 360. The standard InChI is InChI=1S/C7H5ClF2N2O2/c8-3-4-1-2-11-7(12(13)14)5(4)6(9)10/h1-2,6H,3H2. The Kier molecular flexibility index (Phi) is 3.29. The van der Waals surface area contributed by atoms with Gasteiger partial charge in [-0.2, -0.15) is 0 Å². The first-order valence-corrected chi connectivity index (χ1v) is 4.07. The van der Waals surface area contributed by atoms with E-state index in [4.69, 9.17) is 11.6 Å². The molecular formula is C7H5ClF2N2O2. The van der Waals surface area contributed by atoms with Crippen molar-refractivity contribution in [1.29, 1.82) is 0 Å². The number of nitrogens with zero attached hydrogens (tertiary/aromatic N) is 2. The van der Waals surface area contributed by atoms with Gasteiger partial charge in [-0.15, -0.1) is 11.6 Å². The highest BCUT2D eigenvalue weighted by Crippen LogP contribution is 2.30. The van der Waals surface area contributed by atoms with Crippen LogP contribution in [-0.2, 0) is 5.88 Å². The van der Waals surface area contributed by atoms with Gasteiger partial charge in [0.2, 0.25) is 0 Å². The highest BCUT2D eigenvalue weighted by molar-refractivity contribution is 6.17. The van der Waals surface area contributed by atoms with Gasteiger partial charge in [0.05, 0.1) is 0 Å². The summed E-state index contributed by atoms with van der Waals surface area (Å²) >= 11 is 5.37. The molecule has 1 aromatic rings. The van der Waals surface area contributed by atoms with Crippen LogP contribution in [0.2, 0.25) is 0 Å². The minimum absolute atomic E-state index is 0.0309. The van der Waals surface area contributed by atoms with E-state index >= 15 is 0 Å². The first kappa shape index (κ1) is 10.8. The molecule has 14 heavy (non-hydrogen) atoms. The Labute approximate surface area is 82.7 Å². The fourth-order valence-corrected chi connectivity index (χ4v) is 1.23. The molecule has 4 nitrogen and oxygen atoms in total. The topological polar surface area (TPSA) is 56.0 Å². The second-order valence-corrected chi connectivity index (χ2v) is 2.67. The summed E-state index contributed by atoms with van der Waals surface area (Å²) in [6, 6.07) is 1.24. The normalized spacial score (nSPS) is 10.6. The summed E-state index contributed by atoms with van der Waals surface area (Å²) in [5, 5.41) is 10.4. The van der Waals surface area contributed by atoms with Gasteiger partial charge in [0, 0.05) is 5.88 Å². The first-order chi connectivity index (χ1) is 6.57. The van der Waals surface area contributed by atoms with Gasteiger partial charge in [-0.25, -0.2) is 8.78 Å². The molecule has 76 valence electrons. The van der Waals surface area contributed by atoms with Gasteiger partial charge >= 0.3 is 5.82 Å². The number of alkyl halides is 3. The molecule has 0 radical (unpaired) electrons. The van der Waals surface area contributed by atoms with E-state index in [2.05, 4.69) is 4.98 Å². The van der Waals surface area contributed by atoms with Crippen molar-refractivity contribution in [2.24, 2.45) is 0 Å². The second kappa shape index (κ2) is 4.28. The molecule has 0 aliphatic carbocycles. The molecule has 0 bridgehead atoms. The van der Waals surface area contributed by atoms with Gasteiger partial charge < -0.3 is 10.1 Å². The molecule has 7 heteroatoms. The van der Waals surface area contributed by atoms with Crippen LogP contribution in [-0.4, -0.2) is 9.91 Å². The van der Waals surface area contributed by atoms with Crippen molar-refractivity contribution in [3.05, 3.63) is 33.5 Å². The van der Waals surface area contributed by atoms with Gasteiger partial charge in [-0.05, 0) is 21.5 Å². The molecule has 1 rings (SSSR count). The van der Waals surface area contributed by atoms with Crippen molar-refractivity contribution in [2.75, 3.05) is 0 Å². The number of aromatic nitrogens is 1. The Hall–Kier alpha value is -1.30. The number of rotatable bonds is 3. The fourth-order valence-electron chi connectivity index (χ4n) is 1.00. The third-order valence-corrected chi connectivity index (χ3v) is 1.88. The number of hydrogen-bond donors (Lipinski definition) is 0. The zero-order valence-electron chi connectivity index (χ0n) is 6.78. The van der Waals surface area contributed by atoms with Crippen LogP contribution in [0.15, 0.2) is 12.3 Å². The van der Waals surface area contributed by atoms with Crippen molar-refractivity contribution < 1.29 is 13.7 Å². The van der Waals surface area contributed by atoms with Crippen LogP contribution in [0.3, 0.4) is 0 Å². The van der Waals surface area contributed by atoms with Gasteiger partial charge in [0.25, 0.3) is 6.43 Å². The van der Waals surface area contributed by atoms with E-state index in [0.29, 0.717) is 0 Å². The lowest BCUT2D eigenvalue weighted by Gasteiger charge is -2.04. The summed E-state index contributed by atoms with van der Waals surface area (Å²) in [5.74, 6) is -1.04. The molecule has 0 aliphatic heterocycles. The number of nitro groups is 1. The Morgan fingerprint density at radius 3 is 2.71 bits per heavy atom. The molecule has 0 aliphatic rings. The van der Waals surface area contributed by atoms with E-state index in [9.17, 15) is 18.9 Å². The molecule has 0 atom stereocenters. The summed E-state index contributed by atoms with van der Waals surface area (Å²) in [6.07, 6.45) is -1.86. The Balaban J connectivity index is 3.35. The van der Waals surface area contributed by atoms with Crippen molar-refractivity contribution in [1.82, 2.24) is 4.98 Å². The van der Waals surface area contributed by atoms with Crippen LogP contribution < -0.4 is 0 Å². The summed E-state index contributed by atoms with van der Waals surface area (Å²) in [7, 11) is 0. The van der Waals surface area contributed by atoms with Crippen molar-refractivity contribution in [3.8, 4) is 0 Å². The number of halogens is 3. The minimum atomic E-state index is -2.95. The average molecular weight is 223 g/mol. The smallest absolute Gasteiger partial charge is 0.358 e. The molecule has 0 amide bonds. The molecule has 1 heterocycles.